The van der Waals surface area contributed by atoms with Crippen molar-refractivity contribution in [2.45, 2.75) is 131 Å². The number of hydrogen-bond acceptors (Lipinski definition) is 21. The zero-order valence-corrected chi connectivity index (χ0v) is 34.5. The Morgan fingerprint density at radius 2 is 1.47 bits per heavy atom. The largest absolute Gasteiger partial charge is 0.472 e. The molecule has 5 heterocycles. The molecule has 4 fully saturated rings. The van der Waals surface area contributed by atoms with Gasteiger partial charge < -0.3 is 77.8 Å². The Balaban J connectivity index is 1.11. The summed E-state index contributed by atoms with van der Waals surface area (Å²) in [6, 6.07) is -3.76. The van der Waals surface area contributed by atoms with Crippen molar-refractivity contribution >= 4 is 13.7 Å². The Kier molecular flexibility index (Phi) is 15.2. The van der Waals surface area contributed by atoms with E-state index in [0.717, 1.165) is 9.13 Å². The van der Waals surface area contributed by atoms with Gasteiger partial charge in [-0.05, 0) is 20.3 Å². The van der Waals surface area contributed by atoms with Gasteiger partial charge in [-0.2, -0.15) is 0 Å². The number of aliphatic hydroxyl groups excluding tert-OH is 4. The van der Waals surface area contributed by atoms with Crippen molar-refractivity contribution in [1.82, 2.24) is 29.7 Å². The van der Waals surface area contributed by atoms with Crippen LogP contribution < -0.4 is 56.1 Å². The Hall–Kier alpha value is -3.58. The molecule has 1 amide bonds. The summed E-state index contributed by atoms with van der Waals surface area (Å²) in [6.45, 7) is 1.76. The first kappa shape index (κ1) is 47.9. The molecule has 6 rings (SSSR count). The fourth-order valence-corrected chi connectivity index (χ4v) is 8.77. The lowest BCUT2D eigenvalue weighted by molar-refractivity contribution is -0.279. The topological polar surface area (TPSA) is 429 Å². The summed E-state index contributed by atoms with van der Waals surface area (Å²) in [5.74, 6) is -0.875. The average Bonchev–Trinajstić information content (AvgIpc) is 3.80. The lowest BCUT2D eigenvalue weighted by Crippen LogP contribution is -2.70. The van der Waals surface area contributed by atoms with Gasteiger partial charge in [0.25, 0.3) is 17.0 Å². The second-order valence-corrected chi connectivity index (χ2v) is 17.2. The van der Waals surface area contributed by atoms with Gasteiger partial charge >= 0.3 is 19.2 Å². The Morgan fingerprint density at radius 3 is 2.08 bits per heavy atom. The quantitative estimate of drug-likeness (QED) is 0.0583. The number of nitrogens with two attached hydrogens (primary N) is 4. The smallest absolute Gasteiger partial charge is 0.390 e. The number of hydrogen-bond donors (Lipinski definition) is 13. The highest BCUT2D eigenvalue weighted by Gasteiger charge is 2.49. The number of nitrogens with one attached hydrogen (secondary N) is 4. The molecule has 1 saturated carbocycles. The molecule has 4 aliphatic rings. The molecule has 2 aromatic heterocycles. The number of aryl methyl sites for hydroxylation is 2. The molecule has 28 heteroatoms. The fourth-order valence-electron chi connectivity index (χ4n) is 7.84. The maximum atomic E-state index is 13.7. The van der Waals surface area contributed by atoms with Crippen molar-refractivity contribution in [2.24, 2.45) is 22.9 Å². The van der Waals surface area contributed by atoms with Gasteiger partial charge in [0.1, 0.15) is 43.0 Å². The second kappa shape index (κ2) is 19.7. The van der Waals surface area contributed by atoms with Gasteiger partial charge in [0.15, 0.2) is 12.4 Å². The average molecular weight is 907 g/mol. The van der Waals surface area contributed by atoms with Gasteiger partial charge in [0.2, 0.25) is 0 Å². The first-order chi connectivity index (χ1) is 29.2. The molecule has 17 atom stereocenters. The summed E-state index contributed by atoms with van der Waals surface area (Å²) in [5, 5.41) is 48.1. The number of carbonyl (C=O) groups excluding carboxylic acids is 1. The van der Waals surface area contributed by atoms with Crippen LogP contribution in [-0.4, -0.2) is 162 Å². The van der Waals surface area contributed by atoms with Crippen LogP contribution in [0.2, 0.25) is 0 Å². The number of aromatic amines is 2. The minimum atomic E-state index is -5.12. The Bertz CT molecular complexity index is 2190. The van der Waals surface area contributed by atoms with Crippen LogP contribution >= 0.6 is 7.82 Å². The van der Waals surface area contributed by atoms with Crippen LogP contribution in [0.1, 0.15) is 42.8 Å². The Labute approximate surface area is 351 Å². The van der Waals surface area contributed by atoms with Gasteiger partial charge in [-0.15, -0.1) is 0 Å². The predicted octanol–water partition coefficient (Wildman–Crippen LogP) is -7.25. The van der Waals surface area contributed by atoms with Crippen molar-refractivity contribution in [3.63, 3.8) is 0 Å². The fraction of sp³-hybridized carbons (Fsp3) is 0.735. The second-order valence-electron chi connectivity index (χ2n) is 15.8. The van der Waals surface area contributed by atoms with Crippen LogP contribution in [0.15, 0.2) is 31.6 Å². The van der Waals surface area contributed by atoms with E-state index in [0.29, 0.717) is 0 Å². The number of phosphoric acid groups is 1. The molecule has 0 spiro atoms. The number of H-pyrrole nitrogens is 2. The highest BCUT2D eigenvalue weighted by atomic mass is 31.2. The number of rotatable bonds is 15. The van der Waals surface area contributed by atoms with Crippen LogP contribution in [-0.2, 0) is 37.4 Å². The van der Waals surface area contributed by atoms with Crippen LogP contribution in [0.3, 0.4) is 0 Å². The number of carbonyl (C=O) groups is 1. The van der Waals surface area contributed by atoms with Crippen LogP contribution in [0, 0.1) is 13.8 Å². The van der Waals surface area contributed by atoms with Crippen molar-refractivity contribution in [3.8, 4) is 0 Å². The first-order valence-corrected chi connectivity index (χ1v) is 21.3. The van der Waals surface area contributed by atoms with Gasteiger partial charge in [0, 0.05) is 68.1 Å². The summed E-state index contributed by atoms with van der Waals surface area (Å²) >= 11 is 0. The molecule has 1 aliphatic carbocycles. The van der Waals surface area contributed by atoms with E-state index in [1.165, 1.54) is 26.2 Å². The predicted molar refractivity (Wildman–Crippen MR) is 210 cm³/mol. The normalized spacial score (nSPS) is 37.3. The van der Waals surface area contributed by atoms with E-state index < -0.39 is 141 Å². The maximum absolute atomic E-state index is 13.7. The zero-order valence-electron chi connectivity index (χ0n) is 33.6. The lowest BCUT2D eigenvalue weighted by atomic mass is 9.82. The molecule has 3 saturated heterocycles. The summed E-state index contributed by atoms with van der Waals surface area (Å²) in [4.78, 5) is 77.7. The highest BCUT2D eigenvalue weighted by molar-refractivity contribution is 7.47. The van der Waals surface area contributed by atoms with E-state index in [-0.39, 0.29) is 50.0 Å². The van der Waals surface area contributed by atoms with E-state index in [1.807, 2.05) is 0 Å². The van der Waals surface area contributed by atoms with Crippen LogP contribution in [0.25, 0.3) is 0 Å². The van der Waals surface area contributed by atoms with Crippen molar-refractivity contribution in [2.75, 3.05) is 26.2 Å². The minimum Gasteiger partial charge on any atom is -0.390 e. The van der Waals surface area contributed by atoms with Crippen molar-refractivity contribution in [1.29, 1.82) is 0 Å². The molecule has 62 heavy (non-hydrogen) atoms. The van der Waals surface area contributed by atoms with Gasteiger partial charge in [-0.25, -0.2) is 14.2 Å². The monoisotopic (exact) mass is 906 g/mol. The molecule has 0 aromatic carbocycles. The Morgan fingerprint density at radius 1 is 0.855 bits per heavy atom. The SMILES string of the molecule is Cc1cn([C@H]2C[C@H](OP(=O)(O)OC[C@H]3O[C@@H](n4cc(C)c(=O)[nH]c4=O)C[C@@H]3O)[C@@H](C(=O)NCCN[C@H]3[C@@H](O)[C@H](N)C[C@H](N)[C@H]3O[C@H]3O[C@H](CN)[C@@H](O)[C@H](O)[C@H]3N)O2)c(=O)[nH]c1=O. The molecular weight excluding hydrogens is 851 g/mol. The summed E-state index contributed by atoms with van der Waals surface area (Å²) in [5.41, 5.74) is 21.6. The summed E-state index contributed by atoms with van der Waals surface area (Å²) in [6.07, 6.45) is -13.4. The third-order valence-electron chi connectivity index (χ3n) is 11.3. The molecule has 2 aromatic rings. The van der Waals surface area contributed by atoms with Gasteiger partial charge in [0.05, 0.1) is 37.0 Å². The zero-order chi connectivity index (χ0) is 45.4. The minimum absolute atomic E-state index is 0.0611. The van der Waals surface area contributed by atoms with Gasteiger partial charge in [-0.3, -0.25) is 42.5 Å². The molecule has 1 unspecified atom stereocenters. The number of aliphatic hydroxyl groups is 4. The molecule has 0 radical (unpaired) electrons. The highest BCUT2D eigenvalue weighted by Crippen LogP contribution is 2.49. The molecular formula is C34H55N10O17P. The van der Waals surface area contributed by atoms with Crippen LogP contribution in [0.5, 0.6) is 0 Å². The maximum Gasteiger partial charge on any atom is 0.472 e. The van der Waals surface area contributed by atoms with Crippen molar-refractivity contribution < 1.29 is 62.7 Å². The lowest BCUT2D eigenvalue weighted by Gasteiger charge is -2.47. The van der Waals surface area contributed by atoms with Gasteiger partial charge in [-0.1, -0.05) is 0 Å². The third-order valence-corrected chi connectivity index (χ3v) is 12.3. The van der Waals surface area contributed by atoms with E-state index in [1.54, 1.807) is 0 Å². The number of ether oxygens (including phenoxy) is 4. The molecule has 17 N–H and O–H groups in total. The van der Waals surface area contributed by atoms with E-state index in [2.05, 4.69) is 20.6 Å². The first-order valence-electron chi connectivity index (χ1n) is 19.8. The number of nitrogens with zero attached hydrogens (tertiary/aromatic N) is 2. The summed E-state index contributed by atoms with van der Waals surface area (Å²) in [7, 11) is -5.12. The molecule has 3 aliphatic heterocycles. The van der Waals surface area contributed by atoms with E-state index >= 15 is 0 Å². The van der Waals surface area contributed by atoms with E-state index in [9.17, 15) is 53.9 Å². The number of amides is 1. The van der Waals surface area contributed by atoms with Crippen LogP contribution in [0.4, 0.5) is 0 Å². The molecule has 0 bridgehead atoms. The standard InChI is InChI=1S/C34H55N10O17P/c1-12-9-43(33(52)41-29(12)49)20-6-16(45)19(57-20)11-56-62(54,55)61-17-7-21(44-10-13(2)30(50)42-34(44)53)59-28(17)31(51)40-4-3-39-23-24(46)14(36)5-15(37)27(23)60-32-22(38)26(48)25(47)18(8-35)58-32/h9-10,14-28,32,39,45-48H,3-8,11,35-38H2,1-2H3,(H,40,51)(H,54,55)(H,41,49,52)(H,42,50,53)/t14-,15+,16+,17+,18-,19-,20-,21-,22-,23+,24+,25-,26-,27-,28+,32-/m1/s1. The number of phosphoric ester groups is 1. The molecule has 27 nitrogen and oxygen atoms in total. The third kappa shape index (κ3) is 10.5. The summed E-state index contributed by atoms with van der Waals surface area (Å²) < 4.78 is 49.3. The number of aromatic nitrogens is 4. The van der Waals surface area contributed by atoms with E-state index in [4.69, 9.17) is 50.9 Å². The van der Waals surface area contributed by atoms with Crippen molar-refractivity contribution in [3.05, 3.63) is 65.2 Å². The molecule has 348 valence electrons.